The summed E-state index contributed by atoms with van der Waals surface area (Å²) in [5.41, 5.74) is 0. The molecular formula is C13H22N2O4S. The predicted molar refractivity (Wildman–Crippen MR) is 74.8 cm³/mol. The minimum atomic E-state index is -3.01. The molecule has 2 aliphatic rings. The average Bonchev–Trinajstić information content (AvgIpc) is 2.95. The third-order valence-corrected chi connectivity index (χ3v) is 5.86. The molecule has 2 rings (SSSR count). The summed E-state index contributed by atoms with van der Waals surface area (Å²) in [7, 11) is -3.01. The molecule has 1 aliphatic heterocycles. The highest BCUT2D eigenvalue weighted by Gasteiger charge is 2.35. The van der Waals surface area contributed by atoms with E-state index >= 15 is 0 Å². The van der Waals surface area contributed by atoms with Crippen LogP contribution >= 0.6 is 0 Å². The maximum atomic E-state index is 12.3. The fourth-order valence-electron chi connectivity index (χ4n) is 3.11. The van der Waals surface area contributed by atoms with E-state index in [0.29, 0.717) is 6.42 Å². The van der Waals surface area contributed by atoms with Gasteiger partial charge in [0.05, 0.1) is 11.5 Å². The molecule has 0 aromatic rings. The van der Waals surface area contributed by atoms with Gasteiger partial charge in [0, 0.05) is 13.0 Å². The molecule has 2 fully saturated rings. The largest absolute Gasteiger partial charge is 0.351 e. The van der Waals surface area contributed by atoms with Gasteiger partial charge in [-0.05, 0) is 25.2 Å². The van der Waals surface area contributed by atoms with E-state index in [2.05, 4.69) is 10.6 Å². The van der Waals surface area contributed by atoms with Gasteiger partial charge >= 0.3 is 0 Å². The lowest BCUT2D eigenvalue weighted by atomic mass is 9.97. The van der Waals surface area contributed by atoms with Crippen molar-refractivity contribution in [2.24, 2.45) is 5.92 Å². The Balaban J connectivity index is 1.97. The highest BCUT2D eigenvalue weighted by atomic mass is 32.2. The van der Waals surface area contributed by atoms with Crippen LogP contribution in [0.15, 0.2) is 0 Å². The molecule has 7 heteroatoms. The summed E-state index contributed by atoms with van der Waals surface area (Å²) in [6, 6.07) is -0.844. The molecule has 1 aliphatic carbocycles. The Morgan fingerprint density at radius 2 is 1.80 bits per heavy atom. The Morgan fingerprint density at radius 1 is 1.15 bits per heavy atom. The van der Waals surface area contributed by atoms with E-state index in [0.717, 1.165) is 25.7 Å². The second-order valence-electron chi connectivity index (χ2n) is 5.83. The third kappa shape index (κ3) is 3.94. The SMILES string of the molecule is CC(=O)N[C@H](C(=O)N[C@@H]1CCS(=O)(=O)C1)C1CCCC1. The first-order valence-corrected chi connectivity index (χ1v) is 8.97. The van der Waals surface area contributed by atoms with Gasteiger partial charge in [-0.1, -0.05) is 12.8 Å². The van der Waals surface area contributed by atoms with Crippen molar-refractivity contribution in [3.63, 3.8) is 0 Å². The van der Waals surface area contributed by atoms with Crippen molar-refractivity contribution >= 4 is 21.7 Å². The van der Waals surface area contributed by atoms with Crippen molar-refractivity contribution in [3.8, 4) is 0 Å². The molecule has 2 amide bonds. The van der Waals surface area contributed by atoms with Crippen LogP contribution in [0.25, 0.3) is 0 Å². The van der Waals surface area contributed by atoms with Crippen LogP contribution < -0.4 is 10.6 Å². The molecule has 0 spiro atoms. The number of carbonyl (C=O) groups excluding carboxylic acids is 2. The summed E-state index contributed by atoms with van der Waals surface area (Å²) in [5.74, 6) is -0.162. The number of carbonyl (C=O) groups is 2. The molecule has 114 valence electrons. The molecule has 1 heterocycles. The number of hydrogen-bond acceptors (Lipinski definition) is 4. The smallest absolute Gasteiger partial charge is 0.243 e. The lowest BCUT2D eigenvalue weighted by molar-refractivity contribution is -0.129. The first kappa shape index (κ1) is 15.3. The molecule has 2 N–H and O–H groups in total. The van der Waals surface area contributed by atoms with Crippen molar-refractivity contribution in [1.82, 2.24) is 10.6 Å². The van der Waals surface area contributed by atoms with Gasteiger partial charge in [0.15, 0.2) is 9.84 Å². The van der Waals surface area contributed by atoms with Gasteiger partial charge in [-0.25, -0.2) is 8.42 Å². The zero-order valence-corrected chi connectivity index (χ0v) is 12.5. The molecule has 0 aromatic heterocycles. The molecule has 0 radical (unpaired) electrons. The van der Waals surface area contributed by atoms with Crippen molar-refractivity contribution in [1.29, 1.82) is 0 Å². The number of hydrogen-bond donors (Lipinski definition) is 2. The normalized spacial score (nSPS) is 27.1. The van der Waals surface area contributed by atoms with E-state index in [1.807, 2.05) is 0 Å². The van der Waals surface area contributed by atoms with E-state index in [1.54, 1.807) is 0 Å². The molecule has 2 atom stereocenters. The van der Waals surface area contributed by atoms with Crippen LogP contribution in [0.5, 0.6) is 0 Å². The van der Waals surface area contributed by atoms with Gasteiger partial charge in [-0.2, -0.15) is 0 Å². The molecule has 1 saturated carbocycles. The Bertz CT molecular complexity index is 483. The van der Waals surface area contributed by atoms with Crippen LogP contribution in [0.4, 0.5) is 0 Å². The highest BCUT2D eigenvalue weighted by molar-refractivity contribution is 7.91. The summed E-state index contributed by atoms with van der Waals surface area (Å²) in [5, 5.41) is 5.50. The van der Waals surface area contributed by atoms with Crippen LogP contribution in [-0.4, -0.2) is 43.8 Å². The summed E-state index contributed by atoms with van der Waals surface area (Å²) in [6.45, 7) is 1.40. The maximum absolute atomic E-state index is 12.3. The van der Waals surface area contributed by atoms with Crippen molar-refractivity contribution < 1.29 is 18.0 Å². The minimum Gasteiger partial charge on any atom is -0.351 e. The van der Waals surface area contributed by atoms with Gasteiger partial charge in [-0.15, -0.1) is 0 Å². The van der Waals surface area contributed by atoms with E-state index in [4.69, 9.17) is 0 Å². The topological polar surface area (TPSA) is 92.3 Å². The fourth-order valence-corrected chi connectivity index (χ4v) is 4.78. The van der Waals surface area contributed by atoms with Gasteiger partial charge in [0.2, 0.25) is 11.8 Å². The van der Waals surface area contributed by atoms with E-state index < -0.39 is 15.9 Å². The Kier molecular flexibility index (Phi) is 4.67. The van der Waals surface area contributed by atoms with Crippen LogP contribution in [0.2, 0.25) is 0 Å². The molecule has 0 aromatic carbocycles. The van der Waals surface area contributed by atoms with Gasteiger partial charge < -0.3 is 10.6 Å². The van der Waals surface area contributed by atoms with Crippen LogP contribution in [0.1, 0.15) is 39.0 Å². The van der Waals surface area contributed by atoms with Crippen LogP contribution in [0.3, 0.4) is 0 Å². The van der Waals surface area contributed by atoms with Crippen molar-refractivity contribution in [3.05, 3.63) is 0 Å². The number of nitrogens with one attached hydrogen (secondary N) is 2. The van der Waals surface area contributed by atoms with Crippen LogP contribution in [0, 0.1) is 5.92 Å². The lowest BCUT2D eigenvalue weighted by Crippen LogP contribution is -2.52. The zero-order chi connectivity index (χ0) is 14.8. The number of sulfone groups is 1. The Morgan fingerprint density at radius 3 is 2.30 bits per heavy atom. The van der Waals surface area contributed by atoms with Gasteiger partial charge in [-0.3, -0.25) is 9.59 Å². The standard InChI is InChI=1S/C13H22N2O4S/c1-9(16)14-12(10-4-2-3-5-10)13(17)15-11-6-7-20(18,19)8-11/h10-12H,2-8H2,1H3,(H,14,16)(H,15,17)/t11-,12+/m1/s1. The van der Waals surface area contributed by atoms with Crippen molar-refractivity contribution in [2.75, 3.05) is 11.5 Å². The monoisotopic (exact) mass is 302 g/mol. The van der Waals surface area contributed by atoms with E-state index in [-0.39, 0.29) is 35.3 Å². The summed E-state index contributed by atoms with van der Waals surface area (Å²) in [4.78, 5) is 23.6. The molecule has 6 nitrogen and oxygen atoms in total. The highest BCUT2D eigenvalue weighted by Crippen LogP contribution is 2.28. The minimum absolute atomic E-state index is 0.0101. The fraction of sp³-hybridized carbons (Fsp3) is 0.846. The molecule has 0 unspecified atom stereocenters. The lowest BCUT2D eigenvalue weighted by Gasteiger charge is -2.24. The van der Waals surface area contributed by atoms with Crippen LogP contribution in [-0.2, 0) is 19.4 Å². The second-order valence-corrected chi connectivity index (χ2v) is 8.06. The summed E-state index contributed by atoms with van der Waals surface area (Å²) in [6.07, 6.45) is 4.48. The van der Waals surface area contributed by atoms with Crippen molar-refractivity contribution in [2.45, 2.75) is 51.1 Å². The van der Waals surface area contributed by atoms with E-state index in [1.165, 1.54) is 6.92 Å². The van der Waals surface area contributed by atoms with Gasteiger partial charge in [0.1, 0.15) is 6.04 Å². The molecule has 1 saturated heterocycles. The predicted octanol–water partition coefficient (Wildman–Crippen LogP) is -0.0154. The molecular weight excluding hydrogens is 280 g/mol. The molecule has 0 bridgehead atoms. The molecule has 20 heavy (non-hydrogen) atoms. The average molecular weight is 302 g/mol. The quantitative estimate of drug-likeness (QED) is 0.763. The Hall–Kier alpha value is -1.11. The first-order valence-electron chi connectivity index (χ1n) is 7.15. The van der Waals surface area contributed by atoms with Gasteiger partial charge in [0.25, 0.3) is 0 Å². The summed E-state index contributed by atoms with van der Waals surface area (Å²) < 4.78 is 22.8. The zero-order valence-electron chi connectivity index (χ0n) is 11.7. The number of amides is 2. The third-order valence-electron chi connectivity index (χ3n) is 4.09. The number of rotatable bonds is 4. The Labute approximate surface area is 119 Å². The summed E-state index contributed by atoms with van der Waals surface area (Å²) >= 11 is 0. The second kappa shape index (κ2) is 6.11. The maximum Gasteiger partial charge on any atom is 0.243 e. The first-order chi connectivity index (χ1) is 9.37. The van der Waals surface area contributed by atoms with E-state index in [9.17, 15) is 18.0 Å².